The average molecular weight is 311 g/mol. The van der Waals surface area contributed by atoms with Crippen LogP contribution in [0.15, 0.2) is 48.5 Å². The molecule has 118 valence electrons. The molecule has 0 saturated heterocycles. The summed E-state index contributed by atoms with van der Waals surface area (Å²) in [6.45, 7) is -0.00461. The first-order chi connectivity index (χ1) is 11.2. The minimum absolute atomic E-state index is 0.00108. The molecule has 1 aromatic heterocycles. The molecule has 0 amide bonds. The molecule has 2 N–H and O–H groups in total. The highest BCUT2D eigenvalue weighted by Crippen LogP contribution is 2.24. The Hall–Kier alpha value is -2.70. The van der Waals surface area contributed by atoms with Crippen LogP contribution in [0.5, 0.6) is 6.01 Å². The zero-order chi connectivity index (χ0) is 16.2. The van der Waals surface area contributed by atoms with Gasteiger partial charge in [-0.1, -0.05) is 36.4 Å². The summed E-state index contributed by atoms with van der Waals surface area (Å²) in [5, 5.41) is 22.6. The molecule has 6 heteroatoms. The fourth-order valence-electron chi connectivity index (χ4n) is 2.25. The van der Waals surface area contributed by atoms with E-state index in [-0.39, 0.29) is 19.2 Å². The average Bonchev–Trinajstić information content (AvgIpc) is 3.06. The van der Waals surface area contributed by atoms with Gasteiger partial charge < -0.3 is 14.9 Å². The van der Waals surface area contributed by atoms with Crippen molar-refractivity contribution >= 4 is 0 Å². The summed E-state index contributed by atoms with van der Waals surface area (Å²) in [6, 6.07) is 15.1. The van der Waals surface area contributed by atoms with Crippen LogP contribution in [0.1, 0.15) is 11.1 Å². The Morgan fingerprint density at radius 3 is 2.00 bits per heavy atom. The van der Waals surface area contributed by atoms with Gasteiger partial charge in [-0.15, -0.1) is 5.10 Å². The van der Waals surface area contributed by atoms with Crippen molar-refractivity contribution in [2.24, 2.45) is 0 Å². The van der Waals surface area contributed by atoms with E-state index in [1.807, 2.05) is 48.5 Å². The summed E-state index contributed by atoms with van der Waals surface area (Å²) in [6.07, 6.45) is 0. The molecule has 0 aliphatic carbocycles. The van der Waals surface area contributed by atoms with E-state index in [2.05, 4.69) is 10.1 Å². The maximum absolute atomic E-state index is 9.15. The van der Waals surface area contributed by atoms with Crippen LogP contribution >= 0.6 is 0 Å². The number of aliphatic hydroxyl groups excluding tert-OH is 2. The zero-order valence-corrected chi connectivity index (χ0v) is 12.7. The lowest BCUT2D eigenvalue weighted by Gasteiger charge is -2.07. The SMILES string of the molecule is COc1nc(-c2ccc(CO)cc2)n(-c2ccc(CO)cc2)n1. The third-order valence-corrected chi connectivity index (χ3v) is 3.53. The number of methoxy groups -OCH3 is 1. The Morgan fingerprint density at radius 1 is 0.913 bits per heavy atom. The molecule has 0 aliphatic heterocycles. The Balaban J connectivity index is 2.06. The Morgan fingerprint density at radius 2 is 1.48 bits per heavy atom. The zero-order valence-electron chi connectivity index (χ0n) is 12.7. The molecule has 0 atom stereocenters. The number of hydrogen-bond acceptors (Lipinski definition) is 5. The number of nitrogens with zero attached hydrogens (tertiary/aromatic N) is 3. The van der Waals surface area contributed by atoms with Crippen molar-refractivity contribution in [1.29, 1.82) is 0 Å². The third kappa shape index (κ3) is 3.08. The smallest absolute Gasteiger partial charge is 0.336 e. The summed E-state index contributed by atoms with van der Waals surface area (Å²) >= 11 is 0. The molecular formula is C17H17N3O3. The van der Waals surface area contributed by atoms with Crippen molar-refractivity contribution in [3.63, 3.8) is 0 Å². The standard InChI is InChI=1S/C17H17N3O3/c1-23-17-18-16(14-6-2-12(10-21)3-7-14)20(19-17)15-8-4-13(11-22)5-9-15/h2-9,21-22H,10-11H2,1H3. The first-order valence-electron chi connectivity index (χ1n) is 7.16. The Bertz CT molecular complexity index is 715. The van der Waals surface area contributed by atoms with Gasteiger partial charge in [0, 0.05) is 5.56 Å². The highest BCUT2D eigenvalue weighted by molar-refractivity contribution is 5.59. The van der Waals surface area contributed by atoms with Gasteiger partial charge in [-0.05, 0) is 23.3 Å². The first kappa shape index (κ1) is 15.2. The van der Waals surface area contributed by atoms with Crippen LogP contribution < -0.4 is 4.74 Å². The van der Waals surface area contributed by atoms with Crippen molar-refractivity contribution in [2.75, 3.05) is 7.11 Å². The summed E-state index contributed by atoms with van der Waals surface area (Å²) in [5.74, 6) is 0.642. The van der Waals surface area contributed by atoms with Crippen LogP contribution in [-0.4, -0.2) is 32.1 Å². The minimum atomic E-state index is -0.00353. The van der Waals surface area contributed by atoms with Crippen LogP contribution in [0.25, 0.3) is 17.1 Å². The molecule has 0 fully saturated rings. The lowest BCUT2D eigenvalue weighted by Crippen LogP contribution is -2.00. The number of hydrogen-bond donors (Lipinski definition) is 2. The van der Waals surface area contributed by atoms with E-state index in [9.17, 15) is 0 Å². The predicted molar refractivity (Wildman–Crippen MR) is 85.2 cm³/mol. The van der Waals surface area contributed by atoms with Crippen molar-refractivity contribution in [1.82, 2.24) is 14.8 Å². The normalized spacial score (nSPS) is 10.7. The second kappa shape index (κ2) is 6.60. The highest BCUT2D eigenvalue weighted by atomic mass is 16.5. The van der Waals surface area contributed by atoms with Crippen molar-refractivity contribution < 1.29 is 14.9 Å². The minimum Gasteiger partial charge on any atom is -0.466 e. The van der Waals surface area contributed by atoms with Crippen LogP contribution in [0.3, 0.4) is 0 Å². The van der Waals surface area contributed by atoms with E-state index in [1.165, 1.54) is 7.11 Å². The lowest BCUT2D eigenvalue weighted by molar-refractivity contribution is 0.281. The van der Waals surface area contributed by atoms with E-state index in [0.29, 0.717) is 5.82 Å². The van der Waals surface area contributed by atoms with Crippen molar-refractivity contribution in [2.45, 2.75) is 13.2 Å². The molecule has 2 aromatic carbocycles. The number of benzene rings is 2. The van der Waals surface area contributed by atoms with Gasteiger partial charge in [-0.2, -0.15) is 4.98 Å². The van der Waals surface area contributed by atoms with Gasteiger partial charge in [0.15, 0.2) is 5.82 Å². The molecule has 0 unspecified atom stereocenters. The fraction of sp³-hybridized carbons (Fsp3) is 0.176. The second-order valence-electron chi connectivity index (χ2n) is 5.01. The monoisotopic (exact) mass is 311 g/mol. The van der Waals surface area contributed by atoms with E-state index in [0.717, 1.165) is 22.4 Å². The number of aliphatic hydroxyl groups is 2. The van der Waals surface area contributed by atoms with Gasteiger partial charge >= 0.3 is 6.01 Å². The van der Waals surface area contributed by atoms with Gasteiger partial charge in [0.1, 0.15) is 0 Å². The molecular weight excluding hydrogens is 294 g/mol. The maximum Gasteiger partial charge on any atom is 0.336 e. The molecule has 1 heterocycles. The molecule has 23 heavy (non-hydrogen) atoms. The fourth-order valence-corrected chi connectivity index (χ4v) is 2.25. The van der Waals surface area contributed by atoms with Crippen molar-refractivity contribution in [3.05, 3.63) is 59.7 Å². The van der Waals surface area contributed by atoms with E-state index in [1.54, 1.807) is 4.68 Å². The molecule has 0 aliphatic rings. The molecule has 0 spiro atoms. The van der Waals surface area contributed by atoms with E-state index >= 15 is 0 Å². The molecule has 0 radical (unpaired) electrons. The Labute approximate surface area is 133 Å². The summed E-state index contributed by atoms with van der Waals surface area (Å²) in [5.41, 5.74) is 3.34. The van der Waals surface area contributed by atoms with Gasteiger partial charge in [0.25, 0.3) is 0 Å². The quantitative estimate of drug-likeness (QED) is 0.752. The van der Waals surface area contributed by atoms with Gasteiger partial charge in [-0.3, -0.25) is 0 Å². The topological polar surface area (TPSA) is 80.4 Å². The van der Waals surface area contributed by atoms with Gasteiger partial charge in [0.05, 0.1) is 26.0 Å². The number of ether oxygens (including phenoxy) is 1. The summed E-state index contributed by atoms with van der Waals surface area (Å²) in [4.78, 5) is 4.39. The third-order valence-electron chi connectivity index (χ3n) is 3.53. The molecule has 3 rings (SSSR count). The van der Waals surface area contributed by atoms with E-state index < -0.39 is 0 Å². The summed E-state index contributed by atoms with van der Waals surface area (Å²) in [7, 11) is 1.52. The van der Waals surface area contributed by atoms with Gasteiger partial charge in [-0.25, -0.2) is 4.68 Å². The number of aromatic nitrogens is 3. The van der Waals surface area contributed by atoms with Crippen LogP contribution in [0.2, 0.25) is 0 Å². The second-order valence-corrected chi connectivity index (χ2v) is 5.01. The van der Waals surface area contributed by atoms with Crippen LogP contribution in [0, 0.1) is 0 Å². The van der Waals surface area contributed by atoms with Crippen molar-refractivity contribution in [3.8, 4) is 23.1 Å². The molecule has 0 bridgehead atoms. The summed E-state index contributed by atoms with van der Waals surface area (Å²) < 4.78 is 6.83. The van der Waals surface area contributed by atoms with Crippen LogP contribution in [0.4, 0.5) is 0 Å². The lowest BCUT2D eigenvalue weighted by atomic mass is 10.1. The maximum atomic E-state index is 9.15. The predicted octanol–water partition coefficient (Wildman–Crippen LogP) is 1.93. The highest BCUT2D eigenvalue weighted by Gasteiger charge is 2.14. The number of rotatable bonds is 5. The first-order valence-corrected chi connectivity index (χ1v) is 7.16. The van der Waals surface area contributed by atoms with E-state index in [4.69, 9.17) is 14.9 Å². The largest absolute Gasteiger partial charge is 0.466 e. The van der Waals surface area contributed by atoms with Gasteiger partial charge in [0.2, 0.25) is 0 Å². The molecule has 0 saturated carbocycles. The molecule has 6 nitrogen and oxygen atoms in total. The Kier molecular flexibility index (Phi) is 4.36. The van der Waals surface area contributed by atoms with Crippen LogP contribution in [-0.2, 0) is 13.2 Å². The molecule has 3 aromatic rings.